The van der Waals surface area contributed by atoms with Crippen molar-refractivity contribution in [2.75, 3.05) is 6.54 Å². The quantitative estimate of drug-likeness (QED) is 0.599. The number of thioether (sulfide) groups is 1. The fourth-order valence-electron chi connectivity index (χ4n) is 3.23. The Bertz CT molecular complexity index is 992. The number of benzene rings is 1. The molecular weight excluding hydrogens is 344 g/mol. The van der Waals surface area contributed by atoms with Crippen molar-refractivity contribution in [2.24, 2.45) is 0 Å². The van der Waals surface area contributed by atoms with Crippen LogP contribution in [0.15, 0.2) is 29.2 Å². The first-order valence-electron chi connectivity index (χ1n) is 8.29. The van der Waals surface area contributed by atoms with Gasteiger partial charge in [-0.3, -0.25) is 14.5 Å². The molecule has 1 aromatic carbocycles. The standard InChI is InChI=1S/C21H20N2O2S/c1-6-9-22-20(24)19(26-21(22)25)12-17-11-15(4)23(16(17)5)18-8-7-13(2)10-14(18)3/h1,7-8,10-12H,9H2,2-5H3/b19-12+. The molecule has 0 atom stereocenters. The predicted molar refractivity (Wildman–Crippen MR) is 106 cm³/mol. The van der Waals surface area contributed by atoms with Crippen molar-refractivity contribution in [2.45, 2.75) is 27.7 Å². The molecule has 0 aliphatic carbocycles. The molecule has 4 nitrogen and oxygen atoms in total. The second-order valence-electron chi connectivity index (χ2n) is 6.42. The molecule has 0 saturated carbocycles. The number of hydrogen-bond acceptors (Lipinski definition) is 3. The van der Waals surface area contributed by atoms with Gasteiger partial charge in [0, 0.05) is 17.1 Å². The molecule has 1 aliphatic heterocycles. The highest BCUT2D eigenvalue weighted by molar-refractivity contribution is 8.18. The van der Waals surface area contributed by atoms with Crippen molar-refractivity contribution in [1.29, 1.82) is 0 Å². The van der Waals surface area contributed by atoms with Crippen LogP contribution in [0, 0.1) is 40.0 Å². The third-order valence-electron chi connectivity index (χ3n) is 4.47. The van der Waals surface area contributed by atoms with Crippen LogP contribution in [0.2, 0.25) is 0 Å². The monoisotopic (exact) mass is 364 g/mol. The zero-order chi connectivity index (χ0) is 19.0. The van der Waals surface area contributed by atoms with Crippen LogP contribution < -0.4 is 0 Å². The number of rotatable bonds is 3. The molecule has 0 spiro atoms. The summed E-state index contributed by atoms with van der Waals surface area (Å²) in [7, 11) is 0. The molecule has 2 heterocycles. The van der Waals surface area contributed by atoms with Gasteiger partial charge in [0.2, 0.25) is 0 Å². The van der Waals surface area contributed by atoms with Crippen molar-refractivity contribution >= 4 is 29.0 Å². The molecule has 1 aliphatic rings. The van der Waals surface area contributed by atoms with E-state index in [2.05, 4.69) is 42.5 Å². The number of carbonyl (C=O) groups excluding carboxylic acids is 2. The van der Waals surface area contributed by atoms with Crippen molar-refractivity contribution in [3.63, 3.8) is 0 Å². The zero-order valence-corrected chi connectivity index (χ0v) is 16.1. The lowest BCUT2D eigenvalue weighted by Crippen LogP contribution is -2.28. The average molecular weight is 364 g/mol. The van der Waals surface area contributed by atoms with E-state index in [-0.39, 0.29) is 17.7 Å². The maximum atomic E-state index is 12.4. The Labute approximate surface area is 157 Å². The summed E-state index contributed by atoms with van der Waals surface area (Å²) < 4.78 is 2.17. The molecule has 2 aromatic rings. The van der Waals surface area contributed by atoms with Crippen molar-refractivity contribution in [3.05, 3.63) is 57.2 Å². The molecule has 2 amide bonds. The van der Waals surface area contributed by atoms with Crippen LogP contribution in [-0.2, 0) is 4.79 Å². The maximum absolute atomic E-state index is 12.4. The highest BCUT2D eigenvalue weighted by Gasteiger charge is 2.34. The van der Waals surface area contributed by atoms with E-state index in [4.69, 9.17) is 6.42 Å². The van der Waals surface area contributed by atoms with Gasteiger partial charge in [-0.25, -0.2) is 0 Å². The van der Waals surface area contributed by atoms with Crippen molar-refractivity contribution < 1.29 is 9.59 Å². The molecular formula is C21H20N2O2S. The third-order valence-corrected chi connectivity index (χ3v) is 5.38. The van der Waals surface area contributed by atoms with Crippen LogP contribution in [0.4, 0.5) is 4.79 Å². The molecule has 3 rings (SSSR count). The van der Waals surface area contributed by atoms with Gasteiger partial charge in [0.15, 0.2) is 0 Å². The maximum Gasteiger partial charge on any atom is 0.294 e. The van der Waals surface area contributed by atoms with E-state index in [1.807, 2.05) is 19.9 Å². The first-order valence-corrected chi connectivity index (χ1v) is 9.10. The molecule has 1 fully saturated rings. The summed E-state index contributed by atoms with van der Waals surface area (Å²) in [6, 6.07) is 8.38. The number of terminal acetylenes is 1. The predicted octanol–water partition coefficient (Wildman–Crippen LogP) is 4.38. The second kappa shape index (κ2) is 6.89. The SMILES string of the molecule is C#CCN1C(=O)S/C(=C/c2cc(C)n(-c3ccc(C)cc3C)c2C)C1=O. The first kappa shape index (κ1) is 18.1. The Morgan fingerprint density at radius 1 is 1.15 bits per heavy atom. The molecule has 26 heavy (non-hydrogen) atoms. The lowest BCUT2D eigenvalue weighted by Gasteiger charge is -2.13. The largest absolute Gasteiger partial charge is 0.318 e. The molecule has 1 aromatic heterocycles. The van der Waals surface area contributed by atoms with E-state index in [9.17, 15) is 9.59 Å². The lowest BCUT2D eigenvalue weighted by atomic mass is 10.1. The van der Waals surface area contributed by atoms with Crippen LogP contribution in [0.1, 0.15) is 28.1 Å². The summed E-state index contributed by atoms with van der Waals surface area (Å²) in [5.41, 5.74) is 6.55. The minimum Gasteiger partial charge on any atom is -0.318 e. The number of aryl methyl sites for hydroxylation is 3. The number of nitrogens with zero attached hydrogens (tertiary/aromatic N) is 2. The van der Waals surface area contributed by atoms with Gasteiger partial charge in [0.1, 0.15) is 0 Å². The van der Waals surface area contributed by atoms with Crippen LogP contribution in [-0.4, -0.2) is 27.2 Å². The van der Waals surface area contributed by atoms with E-state index >= 15 is 0 Å². The summed E-state index contributed by atoms with van der Waals surface area (Å²) in [6.45, 7) is 8.22. The van der Waals surface area contributed by atoms with Crippen LogP contribution in [0.5, 0.6) is 0 Å². The van der Waals surface area contributed by atoms with E-state index in [1.165, 1.54) is 11.1 Å². The Morgan fingerprint density at radius 3 is 2.54 bits per heavy atom. The first-order chi connectivity index (χ1) is 12.3. The van der Waals surface area contributed by atoms with Gasteiger partial charge in [0.25, 0.3) is 11.1 Å². The van der Waals surface area contributed by atoms with Gasteiger partial charge in [-0.2, -0.15) is 0 Å². The Hall–Kier alpha value is -2.71. The zero-order valence-electron chi connectivity index (χ0n) is 15.3. The van der Waals surface area contributed by atoms with E-state index in [1.54, 1.807) is 6.08 Å². The van der Waals surface area contributed by atoms with E-state index < -0.39 is 0 Å². The molecule has 0 radical (unpaired) electrons. The van der Waals surface area contributed by atoms with Crippen LogP contribution in [0.3, 0.4) is 0 Å². The van der Waals surface area contributed by atoms with Crippen molar-refractivity contribution in [1.82, 2.24) is 9.47 Å². The molecule has 1 saturated heterocycles. The van der Waals surface area contributed by atoms with Gasteiger partial charge >= 0.3 is 0 Å². The van der Waals surface area contributed by atoms with Gasteiger partial charge < -0.3 is 4.57 Å². The van der Waals surface area contributed by atoms with Crippen molar-refractivity contribution in [3.8, 4) is 18.0 Å². The van der Waals surface area contributed by atoms with Gasteiger partial charge in [-0.05, 0) is 68.8 Å². The average Bonchev–Trinajstić information content (AvgIpc) is 2.99. The van der Waals surface area contributed by atoms with Crippen LogP contribution >= 0.6 is 11.8 Å². The summed E-state index contributed by atoms with van der Waals surface area (Å²) in [6.07, 6.45) is 7.02. The summed E-state index contributed by atoms with van der Waals surface area (Å²) in [4.78, 5) is 25.9. The highest BCUT2D eigenvalue weighted by atomic mass is 32.2. The summed E-state index contributed by atoms with van der Waals surface area (Å²) in [5.74, 6) is 2.03. The fraction of sp³-hybridized carbons (Fsp3) is 0.238. The number of amides is 2. The molecule has 0 unspecified atom stereocenters. The van der Waals surface area contributed by atoms with Gasteiger partial charge in [-0.15, -0.1) is 6.42 Å². The summed E-state index contributed by atoms with van der Waals surface area (Å²) in [5, 5.41) is -0.317. The fourth-order valence-corrected chi connectivity index (χ4v) is 4.06. The van der Waals surface area contributed by atoms with Crippen LogP contribution in [0.25, 0.3) is 11.8 Å². The summed E-state index contributed by atoms with van der Waals surface area (Å²) >= 11 is 0.935. The topological polar surface area (TPSA) is 42.3 Å². The Kier molecular flexibility index (Phi) is 4.80. The Balaban J connectivity index is 2.03. The number of carbonyl (C=O) groups is 2. The van der Waals surface area contributed by atoms with Gasteiger partial charge in [0.05, 0.1) is 11.4 Å². The molecule has 0 N–H and O–H groups in total. The minimum atomic E-state index is -0.325. The number of hydrogen-bond donors (Lipinski definition) is 0. The molecule has 0 bridgehead atoms. The molecule has 132 valence electrons. The minimum absolute atomic E-state index is 0.00356. The Morgan fingerprint density at radius 2 is 1.88 bits per heavy atom. The third kappa shape index (κ3) is 3.09. The normalized spacial score (nSPS) is 15.8. The smallest absolute Gasteiger partial charge is 0.294 e. The number of aromatic nitrogens is 1. The second-order valence-corrected chi connectivity index (χ2v) is 7.42. The van der Waals surface area contributed by atoms with E-state index in [0.717, 1.165) is 39.3 Å². The number of imide groups is 1. The highest BCUT2D eigenvalue weighted by Crippen LogP contribution is 2.33. The lowest BCUT2D eigenvalue weighted by molar-refractivity contribution is -0.122. The van der Waals surface area contributed by atoms with E-state index in [0.29, 0.717) is 4.91 Å². The molecule has 5 heteroatoms. The van der Waals surface area contributed by atoms with Gasteiger partial charge in [-0.1, -0.05) is 23.6 Å².